The van der Waals surface area contributed by atoms with Crippen molar-refractivity contribution in [3.05, 3.63) is 24.3 Å². The second kappa shape index (κ2) is 8.86. The summed E-state index contributed by atoms with van der Waals surface area (Å²) >= 11 is 1.58. The summed E-state index contributed by atoms with van der Waals surface area (Å²) in [5, 5.41) is 9.26. The minimum atomic E-state index is -0.820. The average Bonchev–Trinajstić information content (AvgIpc) is 3.07. The molecule has 1 N–H and O–H groups in total. The first kappa shape index (κ1) is 23.4. The summed E-state index contributed by atoms with van der Waals surface area (Å²) in [6.07, 6.45) is 10.9. The minimum Gasteiger partial charge on any atom is -0.465 e. The minimum absolute atomic E-state index is 0.000199. The molecule has 4 rings (SSSR count). The molecule has 0 aromatic carbocycles. The van der Waals surface area contributed by atoms with Crippen LogP contribution < -0.4 is 0 Å². The van der Waals surface area contributed by atoms with Crippen molar-refractivity contribution in [3.8, 4) is 0 Å². The van der Waals surface area contributed by atoms with Crippen LogP contribution in [-0.2, 0) is 19.1 Å². The Labute approximate surface area is 194 Å². The van der Waals surface area contributed by atoms with Crippen molar-refractivity contribution in [1.29, 1.82) is 0 Å². The number of rotatable bonds is 5. The van der Waals surface area contributed by atoms with Gasteiger partial charge in [0.25, 0.3) is 0 Å². The molecular weight excluding hydrogens is 428 g/mol. The summed E-state index contributed by atoms with van der Waals surface area (Å²) in [4.78, 5) is 44.6. The predicted octanol–water partition coefficient (Wildman–Crippen LogP) is 2.15. The molecule has 8 heteroatoms. The van der Waals surface area contributed by atoms with Gasteiger partial charge in [-0.05, 0) is 46.5 Å². The van der Waals surface area contributed by atoms with Crippen molar-refractivity contribution in [2.45, 2.75) is 68.0 Å². The number of cyclic esters (lactones) is 1. The van der Waals surface area contributed by atoms with Crippen LogP contribution in [0.4, 0.5) is 0 Å². The topological polar surface area (TPSA) is 87.2 Å². The molecule has 176 valence electrons. The highest BCUT2D eigenvalue weighted by atomic mass is 32.2. The van der Waals surface area contributed by atoms with Gasteiger partial charge in [0.1, 0.15) is 6.04 Å². The number of hydrogen-bond acceptors (Lipinski definition) is 6. The van der Waals surface area contributed by atoms with Crippen LogP contribution in [0.5, 0.6) is 0 Å². The van der Waals surface area contributed by atoms with Crippen LogP contribution in [0.2, 0.25) is 0 Å². The van der Waals surface area contributed by atoms with Gasteiger partial charge in [0.15, 0.2) is 0 Å². The quantitative estimate of drug-likeness (QED) is 0.383. The molecule has 4 heterocycles. The first-order valence-corrected chi connectivity index (χ1v) is 12.5. The number of allylic oxidation sites excluding steroid dienone is 1. The van der Waals surface area contributed by atoms with Gasteiger partial charge >= 0.3 is 5.97 Å². The van der Waals surface area contributed by atoms with Gasteiger partial charge in [-0.15, -0.1) is 11.8 Å². The zero-order chi connectivity index (χ0) is 23.1. The van der Waals surface area contributed by atoms with E-state index in [-0.39, 0.29) is 30.4 Å². The van der Waals surface area contributed by atoms with Crippen LogP contribution >= 0.6 is 11.8 Å². The maximum absolute atomic E-state index is 13.9. The number of likely N-dealkylation sites (tertiary alicyclic amines) is 1. The fourth-order valence-electron chi connectivity index (χ4n) is 5.75. The van der Waals surface area contributed by atoms with E-state index in [0.717, 1.165) is 12.8 Å². The standard InChI is InChI=1S/C24H34N2O5S/c1-16(2)25-13-9-11-24-17(20(28)26(12-6-7-14-27)19(24)21(25)29)18-22(30)31-15-8-4-5-10-23(18,3)32-24/h5,9-11,16-19,27H,4,6-8,12-15H2,1-3H3/b10-5-/t17-,18+,19?,23-,24-/m0/s1. The SMILES string of the molecule is CC(C)N1CC=C[C@]23S[C@@]4(C)/C=C\CCCOC(=O)[C@H]4[C@H]2C(=O)N(CCCCO)C3C1=O. The lowest BCUT2D eigenvalue weighted by atomic mass is 9.74. The Morgan fingerprint density at radius 1 is 1.16 bits per heavy atom. The Bertz CT molecular complexity index is 842. The molecule has 4 aliphatic heterocycles. The van der Waals surface area contributed by atoms with E-state index in [1.165, 1.54) is 0 Å². The van der Waals surface area contributed by atoms with Crippen molar-refractivity contribution < 1.29 is 24.2 Å². The largest absolute Gasteiger partial charge is 0.465 e. The van der Waals surface area contributed by atoms with Crippen LogP contribution in [-0.4, -0.2) is 80.6 Å². The van der Waals surface area contributed by atoms with Gasteiger partial charge < -0.3 is 19.6 Å². The van der Waals surface area contributed by atoms with Gasteiger partial charge in [0.05, 0.1) is 23.2 Å². The summed E-state index contributed by atoms with van der Waals surface area (Å²) < 4.78 is 4.16. The van der Waals surface area contributed by atoms with Gasteiger partial charge in [0, 0.05) is 30.5 Å². The molecule has 32 heavy (non-hydrogen) atoms. The smallest absolute Gasteiger partial charge is 0.311 e. The molecule has 0 saturated carbocycles. The number of fused-ring (bicyclic) bond motifs is 2. The Morgan fingerprint density at radius 3 is 2.66 bits per heavy atom. The molecule has 7 nitrogen and oxygen atoms in total. The van der Waals surface area contributed by atoms with Crippen molar-refractivity contribution in [2.24, 2.45) is 11.8 Å². The van der Waals surface area contributed by atoms with Gasteiger partial charge in [-0.25, -0.2) is 0 Å². The van der Waals surface area contributed by atoms with Crippen LogP contribution in [0.1, 0.15) is 46.5 Å². The van der Waals surface area contributed by atoms with E-state index < -0.39 is 27.4 Å². The molecule has 1 spiro atoms. The Morgan fingerprint density at radius 2 is 1.94 bits per heavy atom. The highest BCUT2D eigenvalue weighted by Gasteiger charge is 2.73. The van der Waals surface area contributed by atoms with Gasteiger partial charge in [-0.1, -0.05) is 24.3 Å². The molecule has 4 aliphatic rings. The summed E-state index contributed by atoms with van der Waals surface area (Å²) in [6.45, 7) is 7.23. The van der Waals surface area contributed by atoms with E-state index in [4.69, 9.17) is 4.74 Å². The average molecular weight is 463 g/mol. The fourth-order valence-corrected chi connectivity index (χ4v) is 7.90. The Kier molecular flexibility index (Phi) is 6.47. The number of unbranched alkanes of at least 4 members (excludes halogenated alkanes) is 1. The van der Waals surface area contributed by atoms with Crippen LogP contribution in [0.15, 0.2) is 24.3 Å². The molecule has 2 amide bonds. The molecule has 0 radical (unpaired) electrons. The van der Waals surface area contributed by atoms with Crippen molar-refractivity contribution in [2.75, 3.05) is 26.3 Å². The van der Waals surface area contributed by atoms with Crippen LogP contribution in [0.25, 0.3) is 0 Å². The Balaban J connectivity index is 1.83. The number of aliphatic hydroxyl groups is 1. The highest BCUT2D eigenvalue weighted by Crippen LogP contribution is 2.65. The number of carbonyl (C=O) groups excluding carboxylic acids is 3. The third kappa shape index (κ3) is 3.59. The number of aliphatic hydroxyl groups excluding tert-OH is 1. The van der Waals surface area contributed by atoms with Crippen molar-refractivity contribution in [3.63, 3.8) is 0 Å². The number of nitrogens with zero attached hydrogens (tertiary/aromatic N) is 2. The number of hydrogen-bond donors (Lipinski definition) is 1. The number of thioether (sulfide) groups is 1. The molecular formula is C24H34N2O5S. The van der Waals surface area contributed by atoms with E-state index in [9.17, 15) is 19.5 Å². The highest BCUT2D eigenvalue weighted by molar-refractivity contribution is 8.02. The number of esters is 1. The van der Waals surface area contributed by atoms with Gasteiger partial charge in [0.2, 0.25) is 11.8 Å². The molecule has 0 bridgehead atoms. The molecule has 2 fully saturated rings. The summed E-state index contributed by atoms with van der Waals surface area (Å²) in [6, 6.07) is -0.668. The van der Waals surface area contributed by atoms with Gasteiger partial charge in [-0.2, -0.15) is 0 Å². The maximum atomic E-state index is 13.9. The zero-order valence-corrected chi connectivity index (χ0v) is 20.0. The van der Waals surface area contributed by atoms with E-state index in [1.54, 1.807) is 16.7 Å². The molecule has 0 aromatic rings. The molecule has 0 aliphatic carbocycles. The summed E-state index contributed by atoms with van der Waals surface area (Å²) in [5.74, 6) is -1.86. The monoisotopic (exact) mass is 462 g/mol. The molecule has 2 saturated heterocycles. The van der Waals surface area contributed by atoms with E-state index >= 15 is 0 Å². The lowest BCUT2D eigenvalue weighted by Gasteiger charge is -2.37. The van der Waals surface area contributed by atoms with Crippen LogP contribution in [0, 0.1) is 11.8 Å². The van der Waals surface area contributed by atoms with E-state index in [0.29, 0.717) is 32.5 Å². The lowest BCUT2D eigenvalue weighted by Crippen LogP contribution is -2.54. The zero-order valence-electron chi connectivity index (χ0n) is 19.2. The van der Waals surface area contributed by atoms with Crippen LogP contribution in [0.3, 0.4) is 0 Å². The van der Waals surface area contributed by atoms with E-state index in [1.807, 2.05) is 37.8 Å². The first-order chi connectivity index (χ1) is 15.3. The molecule has 0 aromatic heterocycles. The number of ether oxygens (including phenoxy) is 1. The van der Waals surface area contributed by atoms with E-state index in [2.05, 4.69) is 12.2 Å². The normalized spacial score (nSPS) is 37.9. The van der Waals surface area contributed by atoms with Crippen molar-refractivity contribution in [1.82, 2.24) is 9.80 Å². The third-order valence-corrected chi connectivity index (χ3v) is 9.01. The summed E-state index contributed by atoms with van der Waals surface area (Å²) in [7, 11) is 0. The van der Waals surface area contributed by atoms with Crippen molar-refractivity contribution >= 4 is 29.5 Å². The first-order valence-electron chi connectivity index (χ1n) is 11.7. The second-order valence-electron chi connectivity index (χ2n) is 9.66. The number of carbonyl (C=O) groups is 3. The number of amides is 2. The third-order valence-electron chi connectivity index (χ3n) is 7.21. The maximum Gasteiger partial charge on any atom is 0.311 e. The molecule has 1 unspecified atom stereocenters. The summed E-state index contributed by atoms with van der Waals surface area (Å²) in [5.41, 5.74) is 0. The predicted molar refractivity (Wildman–Crippen MR) is 123 cm³/mol. The lowest BCUT2D eigenvalue weighted by molar-refractivity contribution is -0.154. The second-order valence-corrected chi connectivity index (χ2v) is 11.4. The Hall–Kier alpha value is -1.80. The van der Waals surface area contributed by atoms with Gasteiger partial charge in [-0.3, -0.25) is 14.4 Å². The molecule has 5 atom stereocenters. The fraction of sp³-hybridized carbons (Fsp3) is 0.708.